The molecule has 0 aliphatic carbocycles. The second-order valence-electron chi connectivity index (χ2n) is 2.35. The van der Waals surface area contributed by atoms with Crippen LogP contribution in [0.5, 0.6) is 0 Å². The second-order valence-corrected chi connectivity index (χ2v) is 2.35. The number of carbonyl (C=O) groups excluding carboxylic acids is 1. The molecule has 13 heavy (non-hydrogen) atoms. The van der Waals surface area contributed by atoms with Gasteiger partial charge in [-0.1, -0.05) is 0 Å². The lowest BCUT2D eigenvalue weighted by Gasteiger charge is -2.03. The van der Waals surface area contributed by atoms with Crippen molar-refractivity contribution in [2.75, 3.05) is 11.9 Å². The van der Waals surface area contributed by atoms with E-state index in [1.807, 2.05) is 0 Å². The van der Waals surface area contributed by atoms with Gasteiger partial charge in [0.05, 0.1) is 6.20 Å². The molecule has 0 radical (unpaired) electrons. The summed E-state index contributed by atoms with van der Waals surface area (Å²) >= 11 is 0. The Balaban J connectivity index is 2.54. The molecule has 0 spiro atoms. The monoisotopic (exact) mass is 183 g/mol. The summed E-state index contributed by atoms with van der Waals surface area (Å²) in [6.07, 6.45) is 1.04. The number of amides is 2. The lowest BCUT2D eigenvalue weighted by Crippen LogP contribution is -2.28. The largest absolute Gasteiger partial charge is 0.338 e. The van der Waals surface area contributed by atoms with Crippen molar-refractivity contribution in [1.29, 1.82) is 0 Å². The first-order valence-electron chi connectivity index (χ1n) is 3.88. The van der Waals surface area contributed by atoms with E-state index in [0.29, 0.717) is 12.4 Å². The molecule has 5 heteroatoms. The molecule has 0 aromatic carbocycles. The highest BCUT2D eigenvalue weighted by Crippen LogP contribution is 2.02. The molecular formula is C8H10FN3O. The van der Waals surface area contributed by atoms with Crippen molar-refractivity contribution in [3.05, 3.63) is 24.1 Å². The third-order valence-corrected chi connectivity index (χ3v) is 1.31. The van der Waals surface area contributed by atoms with Crippen LogP contribution in [-0.2, 0) is 0 Å². The van der Waals surface area contributed by atoms with E-state index in [1.165, 1.54) is 12.1 Å². The Morgan fingerprint density at radius 1 is 1.62 bits per heavy atom. The zero-order valence-electron chi connectivity index (χ0n) is 7.17. The molecule has 1 heterocycles. The number of pyridine rings is 1. The number of anilines is 1. The van der Waals surface area contributed by atoms with E-state index in [0.717, 1.165) is 6.20 Å². The van der Waals surface area contributed by atoms with Crippen molar-refractivity contribution in [2.24, 2.45) is 0 Å². The van der Waals surface area contributed by atoms with Crippen LogP contribution in [0.4, 0.5) is 15.0 Å². The average Bonchev–Trinajstić information content (AvgIpc) is 2.09. The number of nitrogens with zero attached hydrogens (tertiary/aromatic N) is 1. The third kappa shape index (κ3) is 3.06. The van der Waals surface area contributed by atoms with Gasteiger partial charge in [0.2, 0.25) is 0 Å². The Hall–Kier alpha value is -1.65. The second kappa shape index (κ2) is 4.39. The minimum absolute atomic E-state index is 0.326. The number of urea groups is 1. The van der Waals surface area contributed by atoms with Crippen LogP contribution in [0.2, 0.25) is 0 Å². The molecule has 1 aromatic heterocycles. The van der Waals surface area contributed by atoms with Crippen LogP contribution in [0.25, 0.3) is 0 Å². The van der Waals surface area contributed by atoms with Crippen LogP contribution in [0.15, 0.2) is 18.3 Å². The first kappa shape index (κ1) is 9.44. The Kier molecular flexibility index (Phi) is 3.19. The summed E-state index contributed by atoms with van der Waals surface area (Å²) in [6, 6.07) is 2.28. The molecule has 0 bridgehead atoms. The van der Waals surface area contributed by atoms with E-state index in [9.17, 15) is 9.18 Å². The van der Waals surface area contributed by atoms with Crippen molar-refractivity contribution in [3.63, 3.8) is 0 Å². The number of hydrogen-bond acceptors (Lipinski definition) is 2. The molecule has 0 aliphatic rings. The SMILES string of the molecule is CCNC(=O)Nc1ccc(F)cn1. The van der Waals surface area contributed by atoms with E-state index >= 15 is 0 Å². The highest BCUT2D eigenvalue weighted by atomic mass is 19.1. The highest BCUT2D eigenvalue weighted by Gasteiger charge is 1.99. The Morgan fingerprint density at radius 2 is 2.38 bits per heavy atom. The summed E-state index contributed by atoms with van der Waals surface area (Å²) in [4.78, 5) is 14.6. The van der Waals surface area contributed by atoms with E-state index < -0.39 is 5.82 Å². The molecule has 70 valence electrons. The zero-order valence-corrected chi connectivity index (χ0v) is 7.17. The van der Waals surface area contributed by atoms with Crippen LogP contribution in [0.1, 0.15) is 6.92 Å². The molecule has 0 saturated carbocycles. The average molecular weight is 183 g/mol. The molecule has 0 aliphatic heterocycles. The molecule has 4 nitrogen and oxygen atoms in total. The minimum atomic E-state index is -0.429. The summed E-state index contributed by atoms with van der Waals surface area (Å²) in [5.41, 5.74) is 0. The fourth-order valence-corrected chi connectivity index (χ4v) is 0.771. The van der Waals surface area contributed by atoms with Gasteiger partial charge in [0.1, 0.15) is 11.6 Å². The van der Waals surface area contributed by atoms with E-state index in [-0.39, 0.29) is 6.03 Å². The number of hydrogen-bond donors (Lipinski definition) is 2. The summed E-state index contributed by atoms with van der Waals surface area (Å²) in [5, 5.41) is 4.97. The van der Waals surface area contributed by atoms with Gasteiger partial charge in [-0.3, -0.25) is 5.32 Å². The van der Waals surface area contributed by atoms with Gasteiger partial charge >= 0.3 is 6.03 Å². The van der Waals surface area contributed by atoms with Gasteiger partial charge in [0.25, 0.3) is 0 Å². The maximum Gasteiger partial charge on any atom is 0.320 e. The molecular weight excluding hydrogens is 173 g/mol. The van der Waals surface area contributed by atoms with Gasteiger partial charge in [-0.25, -0.2) is 14.2 Å². The molecule has 2 N–H and O–H groups in total. The molecule has 0 atom stereocenters. The van der Waals surface area contributed by atoms with Crippen molar-refractivity contribution >= 4 is 11.8 Å². The minimum Gasteiger partial charge on any atom is -0.338 e. The predicted octanol–water partition coefficient (Wildman–Crippen LogP) is 1.36. The van der Waals surface area contributed by atoms with Gasteiger partial charge in [-0.05, 0) is 19.1 Å². The lowest BCUT2D eigenvalue weighted by molar-refractivity contribution is 0.252. The molecule has 0 fully saturated rings. The zero-order chi connectivity index (χ0) is 9.68. The Morgan fingerprint density at radius 3 is 2.92 bits per heavy atom. The maximum atomic E-state index is 12.4. The Labute approximate surface area is 75.2 Å². The first-order valence-corrected chi connectivity index (χ1v) is 3.88. The van der Waals surface area contributed by atoms with Crippen molar-refractivity contribution in [3.8, 4) is 0 Å². The van der Waals surface area contributed by atoms with Crippen LogP contribution in [0, 0.1) is 5.82 Å². The first-order chi connectivity index (χ1) is 6.22. The normalized spacial score (nSPS) is 9.38. The number of carbonyl (C=O) groups is 1. The van der Waals surface area contributed by atoms with E-state index in [1.54, 1.807) is 6.92 Å². The quantitative estimate of drug-likeness (QED) is 0.727. The van der Waals surface area contributed by atoms with Crippen molar-refractivity contribution in [2.45, 2.75) is 6.92 Å². The molecule has 0 unspecified atom stereocenters. The standard InChI is InChI=1S/C8H10FN3O/c1-2-10-8(13)12-7-4-3-6(9)5-11-7/h3-5H,2H2,1H3,(H2,10,11,12,13). The maximum absolute atomic E-state index is 12.4. The molecule has 1 rings (SSSR count). The number of nitrogens with one attached hydrogen (secondary N) is 2. The van der Waals surface area contributed by atoms with Crippen LogP contribution in [0.3, 0.4) is 0 Å². The smallest absolute Gasteiger partial charge is 0.320 e. The van der Waals surface area contributed by atoms with Gasteiger partial charge in [0, 0.05) is 6.54 Å². The lowest BCUT2D eigenvalue weighted by atomic mass is 10.4. The molecule has 2 amide bonds. The number of aromatic nitrogens is 1. The topological polar surface area (TPSA) is 54.0 Å². The van der Waals surface area contributed by atoms with Gasteiger partial charge in [-0.2, -0.15) is 0 Å². The summed E-state index contributed by atoms with van der Waals surface area (Å²) < 4.78 is 12.4. The number of halogens is 1. The third-order valence-electron chi connectivity index (χ3n) is 1.31. The Bertz CT molecular complexity index is 286. The predicted molar refractivity (Wildman–Crippen MR) is 46.9 cm³/mol. The van der Waals surface area contributed by atoms with Crippen LogP contribution >= 0.6 is 0 Å². The highest BCUT2D eigenvalue weighted by molar-refractivity contribution is 5.87. The van der Waals surface area contributed by atoms with Crippen molar-refractivity contribution < 1.29 is 9.18 Å². The molecule has 1 aromatic rings. The van der Waals surface area contributed by atoms with Crippen molar-refractivity contribution in [1.82, 2.24) is 10.3 Å². The van der Waals surface area contributed by atoms with Crippen LogP contribution in [-0.4, -0.2) is 17.6 Å². The fourth-order valence-electron chi connectivity index (χ4n) is 0.771. The van der Waals surface area contributed by atoms with Crippen LogP contribution < -0.4 is 10.6 Å². The van der Waals surface area contributed by atoms with Gasteiger partial charge in [0.15, 0.2) is 0 Å². The fraction of sp³-hybridized carbons (Fsp3) is 0.250. The van der Waals surface area contributed by atoms with E-state index in [4.69, 9.17) is 0 Å². The summed E-state index contributed by atoms with van der Waals surface area (Å²) in [6.45, 7) is 2.34. The van der Waals surface area contributed by atoms with Gasteiger partial charge in [-0.15, -0.1) is 0 Å². The van der Waals surface area contributed by atoms with E-state index in [2.05, 4.69) is 15.6 Å². The summed E-state index contributed by atoms with van der Waals surface area (Å²) in [5.74, 6) is -0.103. The molecule has 0 saturated heterocycles. The number of rotatable bonds is 2. The van der Waals surface area contributed by atoms with Gasteiger partial charge < -0.3 is 5.32 Å². The summed E-state index contributed by atoms with van der Waals surface area (Å²) in [7, 11) is 0.